The predicted molar refractivity (Wildman–Crippen MR) is 96.0 cm³/mol. The van der Waals surface area contributed by atoms with Gasteiger partial charge in [0.15, 0.2) is 0 Å². The van der Waals surface area contributed by atoms with Gasteiger partial charge in [-0.2, -0.15) is 0 Å². The molecule has 0 aliphatic heterocycles. The standard InChI is InChI=1S/C16H20ClN3O3.ClH/c1-11-14(16(21)19-8-7-18-9-10-22-2)15(20-23-11)12-5-3-4-6-13(12)17;/h3-6,18H,7-10H2,1-2H3,(H,19,21);1H. The second-order valence-corrected chi connectivity index (χ2v) is 5.35. The Morgan fingerprint density at radius 3 is 2.75 bits per heavy atom. The van der Waals surface area contributed by atoms with Crippen LogP contribution in [-0.2, 0) is 4.74 Å². The molecular formula is C16H21Cl2N3O3. The maximum atomic E-state index is 12.4. The zero-order valence-electron chi connectivity index (χ0n) is 13.6. The molecule has 0 atom stereocenters. The van der Waals surface area contributed by atoms with E-state index in [1.165, 1.54) is 0 Å². The Balaban J connectivity index is 0.00000288. The Labute approximate surface area is 152 Å². The number of aromatic nitrogens is 1. The highest BCUT2D eigenvalue weighted by molar-refractivity contribution is 6.33. The summed E-state index contributed by atoms with van der Waals surface area (Å²) in [5.74, 6) is 0.233. The third-order valence-electron chi connectivity index (χ3n) is 3.29. The number of nitrogens with one attached hydrogen (secondary N) is 2. The Morgan fingerprint density at radius 1 is 1.29 bits per heavy atom. The van der Waals surface area contributed by atoms with E-state index in [0.29, 0.717) is 47.3 Å². The molecule has 1 aromatic carbocycles. The fourth-order valence-corrected chi connectivity index (χ4v) is 2.35. The van der Waals surface area contributed by atoms with E-state index in [0.717, 1.165) is 6.54 Å². The van der Waals surface area contributed by atoms with E-state index in [4.69, 9.17) is 20.9 Å². The summed E-state index contributed by atoms with van der Waals surface area (Å²) >= 11 is 6.18. The first-order chi connectivity index (χ1) is 11.1. The van der Waals surface area contributed by atoms with Gasteiger partial charge in [0.1, 0.15) is 17.0 Å². The van der Waals surface area contributed by atoms with Crippen molar-refractivity contribution in [1.82, 2.24) is 15.8 Å². The van der Waals surface area contributed by atoms with Crippen molar-refractivity contribution >= 4 is 29.9 Å². The largest absolute Gasteiger partial charge is 0.383 e. The number of halogens is 2. The van der Waals surface area contributed by atoms with Crippen molar-refractivity contribution in [3.8, 4) is 11.3 Å². The quantitative estimate of drug-likeness (QED) is 0.695. The summed E-state index contributed by atoms with van der Waals surface area (Å²) in [5.41, 5.74) is 1.54. The molecule has 0 bridgehead atoms. The fraction of sp³-hybridized carbons (Fsp3) is 0.375. The number of benzene rings is 1. The third kappa shape index (κ3) is 5.21. The van der Waals surface area contributed by atoms with Gasteiger partial charge in [0, 0.05) is 32.3 Å². The Hall–Kier alpha value is -1.60. The monoisotopic (exact) mass is 373 g/mol. The smallest absolute Gasteiger partial charge is 0.257 e. The van der Waals surface area contributed by atoms with Crippen LogP contribution in [0.1, 0.15) is 16.1 Å². The number of hydrogen-bond donors (Lipinski definition) is 2. The topological polar surface area (TPSA) is 76.4 Å². The van der Waals surface area contributed by atoms with Gasteiger partial charge in [-0.1, -0.05) is 35.0 Å². The molecule has 1 aromatic heterocycles. The number of ether oxygens (including phenoxy) is 1. The van der Waals surface area contributed by atoms with Crippen molar-refractivity contribution in [1.29, 1.82) is 0 Å². The number of rotatable bonds is 8. The minimum absolute atomic E-state index is 0. The van der Waals surface area contributed by atoms with Gasteiger partial charge in [0.05, 0.1) is 11.6 Å². The van der Waals surface area contributed by atoms with E-state index in [1.807, 2.05) is 18.2 Å². The molecule has 2 N–H and O–H groups in total. The van der Waals surface area contributed by atoms with E-state index >= 15 is 0 Å². The van der Waals surface area contributed by atoms with Crippen LogP contribution in [0.2, 0.25) is 5.02 Å². The molecule has 2 aromatic rings. The van der Waals surface area contributed by atoms with Gasteiger partial charge >= 0.3 is 0 Å². The second kappa shape index (κ2) is 10.3. The highest BCUT2D eigenvalue weighted by atomic mass is 35.5. The lowest BCUT2D eigenvalue weighted by atomic mass is 10.1. The number of amides is 1. The number of carbonyl (C=O) groups excluding carboxylic acids is 1. The number of hydrogen-bond acceptors (Lipinski definition) is 5. The molecule has 6 nitrogen and oxygen atoms in total. The lowest BCUT2D eigenvalue weighted by molar-refractivity contribution is 0.0952. The summed E-state index contributed by atoms with van der Waals surface area (Å²) in [5, 5.41) is 10.5. The molecule has 0 spiro atoms. The van der Waals surface area contributed by atoms with Gasteiger partial charge in [0.25, 0.3) is 5.91 Å². The van der Waals surface area contributed by atoms with Gasteiger partial charge in [-0.25, -0.2) is 0 Å². The molecule has 132 valence electrons. The molecule has 0 aliphatic rings. The molecule has 1 amide bonds. The second-order valence-electron chi connectivity index (χ2n) is 4.94. The van der Waals surface area contributed by atoms with Crippen LogP contribution in [0.5, 0.6) is 0 Å². The van der Waals surface area contributed by atoms with Crippen molar-refractivity contribution in [2.45, 2.75) is 6.92 Å². The molecule has 24 heavy (non-hydrogen) atoms. The van der Waals surface area contributed by atoms with Crippen molar-refractivity contribution in [2.75, 3.05) is 33.4 Å². The van der Waals surface area contributed by atoms with Crippen LogP contribution in [-0.4, -0.2) is 44.4 Å². The zero-order chi connectivity index (χ0) is 16.7. The van der Waals surface area contributed by atoms with Gasteiger partial charge in [-0.3, -0.25) is 4.79 Å². The summed E-state index contributed by atoms with van der Waals surface area (Å²) in [6.07, 6.45) is 0. The van der Waals surface area contributed by atoms with Crippen molar-refractivity contribution in [2.24, 2.45) is 0 Å². The SMILES string of the molecule is COCCNCCNC(=O)c1c(-c2ccccc2Cl)noc1C.Cl. The number of methoxy groups -OCH3 is 1. The minimum atomic E-state index is -0.229. The Bertz CT molecular complexity index is 662. The van der Waals surface area contributed by atoms with E-state index in [-0.39, 0.29) is 18.3 Å². The van der Waals surface area contributed by atoms with Crippen LogP contribution in [0.3, 0.4) is 0 Å². The first-order valence-corrected chi connectivity index (χ1v) is 7.72. The molecule has 0 radical (unpaired) electrons. The molecule has 8 heteroatoms. The molecule has 0 unspecified atom stereocenters. The lowest BCUT2D eigenvalue weighted by Gasteiger charge is -2.07. The first kappa shape index (κ1) is 20.4. The molecule has 0 fully saturated rings. The van der Waals surface area contributed by atoms with E-state index in [2.05, 4.69) is 15.8 Å². The average molecular weight is 374 g/mol. The van der Waals surface area contributed by atoms with Crippen LogP contribution in [0.25, 0.3) is 11.3 Å². The van der Waals surface area contributed by atoms with Crippen LogP contribution in [0.15, 0.2) is 28.8 Å². The van der Waals surface area contributed by atoms with Crippen molar-refractivity contribution in [3.05, 3.63) is 40.6 Å². The Morgan fingerprint density at radius 2 is 2.04 bits per heavy atom. The van der Waals surface area contributed by atoms with E-state index < -0.39 is 0 Å². The first-order valence-electron chi connectivity index (χ1n) is 7.34. The predicted octanol–water partition coefficient (Wildman–Crippen LogP) is 2.69. The lowest BCUT2D eigenvalue weighted by Crippen LogP contribution is -2.33. The molecule has 2 rings (SSSR count). The molecule has 1 heterocycles. The maximum absolute atomic E-state index is 12.4. The van der Waals surface area contributed by atoms with Gasteiger partial charge in [-0.05, 0) is 13.0 Å². The molecule has 0 aliphatic carbocycles. The number of nitrogens with zero attached hydrogens (tertiary/aromatic N) is 1. The molecule has 0 saturated heterocycles. The summed E-state index contributed by atoms with van der Waals surface area (Å²) in [6, 6.07) is 7.22. The average Bonchev–Trinajstić information content (AvgIpc) is 2.92. The van der Waals surface area contributed by atoms with Gasteiger partial charge in [-0.15, -0.1) is 12.4 Å². The summed E-state index contributed by atoms with van der Waals surface area (Å²) in [7, 11) is 1.65. The van der Waals surface area contributed by atoms with E-state index in [1.54, 1.807) is 20.1 Å². The van der Waals surface area contributed by atoms with E-state index in [9.17, 15) is 4.79 Å². The van der Waals surface area contributed by atoms with Gasteiger partial charge < -0.3 is 19.9 Å². The van der Waals surface area contributed by atoms with Crippen LogP contribution in [0.4, 0.5) is 0 Å². The third-order valence-corrected chi connectivity index (χ3v) is 3.62. The van der Waals surface area contributed by atoms with Crippen LogP contribution >= 0.6 is 24.0 Å². The number of aryl methyl sites for hydroxylation is 1. The summed E-state index contributed by atoms with van der Waals surface area (Å²) in [4.78, 5) is 12.4. The van der Waals surface area contributed by atoms with Crippen LogP contribution < -0.4 is 10.6 Å². The van der Waals surface area contributed by atoms with Crippen molar-refractivity contribution in [3.63, 3.8) is 0 Å². The van der Waals surface area contributed by atoms with Gasteiger partial charge in [0.2, 0.25) is 0 Å². The molecular weight excluding hydrogens is 353 g/mol. The normalized spacial score (nSPS) is 10.3. The van der Waals surface area contributed by atoms with Crippen LogP contribution in [0, 0.1) is 6.92 Å². The summed E-state index contributed by atoms with van der Waals surface area (Å²) < 4.78 is 10.1. The fourth-order valence-electron chi connectivity index (χ4n) is 2.13. The highest BCUT2D eigenvalue weighted by Crippen LogP contribution is 2.30. The molecule has 0 saturated carbocycles. The summed E-state index contributed by atoms with van der Waals surface area (Å²) in [6.45, 7) is 4.23. The minimum Gasteiger partial charge on any atom is -0.383 e. The highest BCUT2D eigenvalue weighted by Gasteiger charge is 2.22. The zero-order valence-corrected chi connectivity index (χ0v) is 15.2. The Kier molecular flexibility index (Phi) is 8.78. The maximum Gasteiger partial charge on any atom is 0.257 e. The number of carbonyl (C=O) groups is 1. The van der Waals surface area contributed by atoms with Crippen molar-refractivity contribution < 1.29 is 14.1 Å².